The number of esters is 1. The average Bonchev–Trinajstić information content (AvgIpc) is 3.19. The zero-order valence-corrected chi connectivity index (χ0v) is 19.4. The fraction of sp³-hybridized carbons (Fsp3) is 0.455. The van der Waals surface area contributed by atoms with Crippen LogP contribution in [0.15, 0.2) is 18.2 Å². The molecule has 182 valence electrons. The van der Waals surface area contributed by atoms with Crippen LogP contribution in [0.1, 0.15) is 34.8 Å². The van der Waals surface area contributed by atoms with E-state index in [1.54, 1.807) is 25.1 Å². The van der Waals surface area contributed by atoms with Crippen molar-refractivity contribution < 1.29 is 44.2 Å². The molecule has 1 fully saturated rings. The SMILES string of the molecule is Cc1nc(-c2ccc(OCC(C)C)c(C#N)c2)sc1C(=O)OC1OC(C(=O)O)C(O)C(O)C1O. The lowest BCUT2D eigenvalue weighted by atomic mass is 9.99. The number of thiazole rings is 1. The van der Waals surface area contributed by atoms with Gasteiger partial charge in [-0.1, -0.05) is 13.8 Å². The molecule has 34 heavy (non-hydrogen) atoms. The second-order valence-electron chi connectivity index (χ2n) is 8.10. The number of rotatable bonds is 7. The number of aliphatic carboxylic acids is 1. The van der Waals surface area contributed by atoms with Crippen molar-refractivity contribution in [2.75, 3.05) is 6.61 Å². The molecule has 2 aromatic rings. The number of carbonyl (C=O) groups excluding carboxylic acids is 1. The molecule has 1 aliphatic heterocycles. The minimum absolute atomic E-state index is 0.0527. The van der Waals surface area contributed by atoms with Crippen molar-refractivity contribution in [2.45, 2.75) is 51.5 Å². The van der Waals surface area contributed by atoms with Gasteiger partial charge in [-0.15, -0.1) is 11.3 Å². The van der Waals surface area contributed by atoms with E-state index in [1.165, 1.54) is 0 Å². The Morgan fingerprint density at radius 3 is 2.56 bits per heavy atom. The second-order valence-corrected chi connectivity index (χ2v) is 9.10. The van der Waals surface area contributed by atoms with Gasteiger partial charge < -0.3 is 34.6 Å². The number of aromatic nitrogens is 1. The molecule has 1 saturated heterocycles. The number of nitrogens with zero attached hydrogens (tertiary/aromatic N) is 2. The fourth-order valence-corrected chi connectivity index (χ4v) is 4.10. The lowest BCUT2D eigenvalue weighted by molar-refractivity contribution is -0.278. The Morgan fingerprint density at radius 2 is 1.94 bits per heavy atom. The summed E-state index contributed by atoms with van der Waals surface area (Å²) in [5.74, 6) is -1.84. The summed E-state index contributed by atoms with van der Waals surface area (Å²) < 4.78 is 15.7. The van der Waals surface area contributed by atoms with E-state index in [0.717, 1.165) is 11.3 Å². The Balaban J connectivity index is 1.80. The highest BCUT2D eigenvalue weighted by Gasteiger charge is 2.48. The summed E-state index contributed by atoms with van der Waals surface area (Å²) in [7, 11) is 0. The highest BCUT2D eigenvalue weighted by Crippen LogP contribution is 2.32. The van der Waals surface area contributed by atoms with E-state index in [1.807, 2.05) is 13.8 Å². The minimum atomic E-state index is -1.90. The molecule has 0 saturated carbocycles. The highest BCUT2D eigenvalue weighted by atomic mass is 32.1. The molecule has 11 nitrogen and oxygen atoms in total. The van der Waals surface area contributed by atoms with Crippen LogP contribution in [0.5, 0.6) is 5.75 Å². The van der Waals surface area contributed by atoms with E-state index in [-0.39, 0.29) is 10.8 Å². The van der Waals surface area contributed by atoms with Gasteiger partial charge in [0.2, 0.25) is 6.29 Å². The zero-order valence-electron chi connectivity index (χ0n) is 18.5. The molecule has 1 aromatic heterocycles. The Hall–Kier alpha value is -3.08. The molecule has 0 bridgehead atoms. The van der Waals surface area contributed by atoms with Crippen molar-refractivity contribution in [1.29, 1.82) is 5.26 Å². The fourth-order valence-electron chi connectivity index (χ4n) is 3.15. The molecule has 1 aromatic carbocycles. The summed E-state index contributed by atoms with van der Waals surface area (Å²) in [5, 5.41) is 48.7. The number of aliphatic hydroxyl groups is 3. The van der Waals surface area contributed by atoms with Crippen LogP contribution in [-0.2, 0) is 14.3 Å². The number of nitriles is 1. The van der Waals surface area contributed by atoms with Crippen molar-refractivity contribution in [3.8, 4) is 22.4 Å². The van der Waals surface area contributed by atoms with E-state index in [2.05, 4.69) is 11.1 Å². The van der Waals surface area contributed by atoms with E-state index in [0.29, 0.717) is 34.2 Å². The van der Waals surface area contributed by atoms with Gasteiger partial charge >= 0.3 is 11.9 Å². The topological polar surface area (TPSA) is 179 Å². The Bertz CT molecular complexity index is 1110. The number of hydrogen-bond acceptors (Lipinski definition) is 11. The first-order valence-corrected chi connectivity index (χ1v) is 11.1. The Labute approximate surface area is 198 Å². The first-order chi connectivity index (χ1) is 16.0. The molecule has 1 aliphatic rings. The summed E-state index contributed by atoms with van der Waals surface area (Å²) in [5.41, 5.74) is 1.17. The summed E-state index contributed by atoms with van der Waals surface area (Å²) in [4.78, 5) is 28.3. The van der Waals surface area contributed by atoms with Gasteiger partial charge in [-0.05, 0) is 31.0 Å². The number of carboxylic acids is 1. The van der Waals surface area contributed by atoms with Crippen LogP contribution in [0, 0.1) is 24.2 Å². The maximum atomic E-state index is 12.7. The number of hydrogen-bond donors (Lipinski definition) is 4. The lowest BCUT2D eigenvalue weighted by Gasteiger charge is -2.37. The minimum Gasteiger partial charge on any atom is -0.492 e. The van der Waals surface area contributed by atoms with Gasteiger partial charge in [0.05, 0.1) is 17.9 Å². The molecule has 5 atom stereocenters. The van der Waals surface area contributed by atoms with Gasteiger partial charge in [0.1, 0.15) is 40.0 Å². The van der Waals surface area contributed by atoms with Crippen molar-refractivity contribution in [3.05, 3.63) is 34.3 Å². The molecule has 0 radical (unpaired) electrons. The van der Waals surface area contributed by atoms with E-state index >= 15 is 0 Å². The quantitative estimate of drug-likeness (QED) is 0.406. The predicted molar refractivity (Wildman–Crippen MR) is 117 cm³/mol. The molecule has 4 N–H and O–H groups in total. The Kier molecular flexibility index (Phi) is 7.86. The van der Waals surface area contributed by atoms with Gasteiger partial charge in [-0.2, -0.15) is 5.26 Å². The molecule has 0 amide bonds. The van der Waals surface area contributed by atoms with Crippen LogP contribution in [-0.4, -0.2) is 74.7 Å². The molecule has 0 spiro atoms. The molecular formula is C22H24N2O9S. The van der Waals surface area contributed by atoms with Crippen molar-refractivity contribution in [2.24, 2.45) is 5.92 Å². The summed E-state index contributed by atoms with van der Waals surface area (Å²) in [6.45, 7) is 5.98. The molecule has 3 rings (SSSR count). The number of carboxylic acid groups (broad SMARTS) is 1. The third kappa shape index (κ3) is 5.35. The number of aliphatic hydroxyl groups excluding tert-OH is 3. The molecule has 5 unspecified atom stereocenters. The van der Waals surface area contributed by atoms with Crippen molar-refractivity contribution in [1.82, 2.24) is 4.98 Å². The average molecular weight is 493 g/mol. The number of aryl methyl sites for hydroxylation is 1. The first kappa shape index (κ1) is 25.5. The highest BCUT2D eigenvalue weighted by molar-refractivity contribution is 7.17. The zero-order chi connectivity index (χ0) is 25.2. The standard InChI is InChI=1S/C22H24N2O9S/c1-9(2)8-31-13-5-4-11(6-12(13)7-23)19-24-10(3)18(34-19)21(30)33-22-16(27)14(25)15(26)17(32-22)20(28)29/h4-6,9,14-17,22,25-27H,8H2,1-3H3,(H,28,29). The molecule has 2 heterocycles. The molecule has 0 aliphatic carbocycles. The van der Waals surface area contributed by atoms with Gasteiger partial charge in [0.25, 0.3) is 0 Å². The number of carbonyl (C=O) groups is 2. The second kappa shape index (κ2) is 10.5. The summed E-state index contributed by atoms with van der Waals surface area (Å²) >= 11 is 0.961. The van der Waals surface area contributed by atoms with Crippen molar-refractivity contribution in [3.63, 3.8) is 0 Å². The van der Waals surface area contributed by atoms with Crippen LogP contribution in [0.4, 0.5) is 0 Å². The van der Waals surface area contributed by atoms with Crippen LogP contribution in [0.25, 0.3) is 10.6 Å². The van der Waals surface area contributed by atoms with Crippen molar-refractivity contribution >= 4 is 23.3 Å². The lowest BCUT2D eigenvalue weighted by Crippen LogP contribution is -2.60. The van der Waals surface area contributed by atoms with Crippen LogP contribution in [0.2, 0.25) is 0 Å². The number of benzene rings is 1. The molecule has 12 heteroatoms. The normalized spacial score (nSPS) is 24.5. The largest absolute Gasteiger partial charge is 0.492 e. The van der Waals surface area contributed by atoms with Gasteiger partial charge in [0, 0.05) is 5.56 Å². The van der Waals surface area contributed by atoms with Gasteiger partial charge in [-0.3, -0.25) is 0 Å². The van der Waals surface area contributed by atoms with E-state index in [9.17, 15) is 30.2 Å². The summed E-state index contributed by atoms with van der Waals surface area (Å²) in [6.07, 6.45) is -9.37. The van der Waals surface area contributed by atoms with E-state index < -0.39 is 42.6 Å². The maximum absolute atomic E-state index is 12.7. The smallest absolute Gasteiger partial charge is 0.352 e. The Morgan fingerprint density at radius 1 is 1.24 bits per heavy atom. The first-order valence-electron chi connectivity index (χ1n) is 10.3. The number of ether oxygens (including phenoxy) is 3. The van der Waals surface area contributed by atoms with Gasteiger partial charge in [-0.25, -0.2) is 14.6 Å². The van der Waals surface area contributed by atoms with Gasteiger partial charge in [0.15, 0.2) is 6.10 Å². The predicted octanol–water partition coefficient (Wildman–Crippen LogP) is 1.07. The molecular weight excluding hydrogens is 468 g/mol. The van der Waals surface area contributed by atoms with Crippen LogP contribution in [0.3, 0.4) is 0 Å². The maximum Gasteiger partial charge on any atom is 0.352 e. The third-order valence-electron chi connectivity index (χ3n) is 4.94. The monoisotopic (exact) mass is 492 g/mol. The third-order valence-corrected chi connectivity index (χ3v) is 6.12. The van der Waals surface area contributed by atoms with E-state index in [4.69, 9.17) is 19.3 Å². The van der Waals surface area contributed by atoms with Crippen LogP contribution >= 0.6 is 11.3 Å². The van der Waals surface area contributed by atoms with Crippen LogP contribution < -0.4 is 4.74 Å². The summed E-state index contributed by atoms with van der Waals surface area (Å²) in [6, 6.07) is 7.02.